The van der Waals surface area contributed by atoms with E-state index in [2.05, 4.69) is 89.4 Å². The molecule has 118 valence electrons. The molecule has 0 aromatic heterocycles. The Hall–Kier alpha value is -2.15. The van der Waals surface area contributed by atoms with Gasteiger partial charge in [0.15, 0.2) is 0 Å². The second-order valence-electron chi connectivity index (χ2n) is 7.50. The van der Waals surface area contributed by atoms with Gasteiger partial charge in [0.1, 0.15) is 0 Å². The van der Waals surface area contributed by atoms with E-state index in [0.717, 1.165) is 0 Å². The van der Waals surface area contributed by atoms with Crippen molar-refractivity contribution in [3.8, 4) is 0 Å². The third kappa shape index (κ3) is 3.29. The molecular weight excluding hydrogens is 278 g/mol. The maximum atomic E-state index is 4.79. The van der Waals surface area contributed by atoms with Gasteiger partial charge in [0.2, 0.25) is 0 Å². The predicted molar refractivity (Wildman–Crippen MR) is 102 cm³/mol. The van der Waals surface area contributed by atoms with Crippen LogP contribution in [0, 0.1) is 0 Å². The van der Waals surface area contributed by atoms with Gasteiger partial charge in [0, 0.05) is 17.7 Å². The lowest BCUT2D eigenvalue weighted by molar-refractivity contribution is 0.586. The summed E-state index contributed by atoms with van der Waals surface area (Å²) in [4.78, 5) is 4.79. The monoisotopic (exact) mass is 303 g/mol. The van der Waals surface area contributed by atoms with Gasteiger partial charge in [0.25, 0.3) is 0 Å². The molecule has 0 saturated heterocycles. The van der Waals surface area contributed by atoms with Gasteiger partial charge in [-0.15, -0.1) is 0 Å². The van der Waals surface area contributed by atoms with Crippen LogP contribution in [0.2, 0.25) is 0 Å². The number of allylic oxidation sites excluding steroid dienone is 4. The number of benzene rings is 2. The average molecular weight is 303 g/mol. The van der Waals surface area contributed by atoms with Crippen LogP contribution < -0.4 is 0 Å². The Kier molecular flexibility index (Phi) is 3.97. The highest BCUT2D eigenvalue weighted by atomic mass is 14.8. The summed E-state index contributed by atoms with van der Waals surface area (Å²) >= 11 is 0. The van der Waals surface area contributed by atoms with Crippen LogP contribution in [0.3, 0.4) is 0 Å². The molecule has 23 heavy (non-hydrogen) atoms. The van der Waals surface area contributed by atoms with Crippen molar-refractivity contribution < 1.29 is 0 Å². The molecule has 0 saturated carbocycles. The highest BCUT2D eigenvalue weighted by Gasteiger charge is 2.20. The van der Waals surface area contributed by atoms with E-state index in [-0.39, 0.29) is 5.54 Å². The molecule has 1 aliphatic rings. The van der Waals surface area contributed by atoms with E-state index < -0.39 is 0 Å². The fraction of sp³-hybridized carbons (Fsp3) is 0.318. The Labute approximate surface area is 139 Å². The van der Waals surface area contributed by atoms with Gasteiger partial charge >= 0.3 is 0 Å². The Morgan fingerprint density at radius 3 is 2.39 bits per heavy atom. The van der Waals surface area contributed by atoms with E-state index in [4.69, 9.17) is 4.99 Å². The van der Waals surface area contributed by atoms with E-state index in [1.165, 1.54) is 33.0 Å². The summed E-state index contributed by atoms with van der Waals surface area (Å²) in [5, 5.41) is 2.55. The highest BCUT2D eigenvalue weighted by molar-refractivity contribution is 6.01. The Morgan fingerprint density at radius 1 is 1.00 bits per heavy atom. The van der Waals surface area contributed by atoms with Gasteiger partial charge in [-0.1, -0.05) is 59.7 Å². The van der Waals surface area contributed by atoms with Crippen molar-refractivity contribution in [1.29, 1.82) is 0 Å². The van der Waals surface area contributed by atoms with Crippen molar-refractivity contribution in [2.24, 2.45) is 4.99 Å². The lowest BCUT2D eigenvalue weighted by Crippen LogP contribution is -2.10. The molecule has 0 spiro atoms. The fourth-order valence-corrected chi connectivity index (χ4v) is 3.21. The van der Waals surface area contributed by atoms with Crippen molar-refractivity contribution in [2.45, 2.75) is 46.1 Å². The molecule has 0 bridgehead atoms. The molecule has 1 heteroatoms. The first-order valence-electron chi connectivity index (χ1n) is 8.29. The summed E-state index contributed by atoms with van der Waals surface area (Å²) in [5.74, 6) is 0.362. The molecule has 1 atom stereocenters. The molecule has 2 aromatic carbocycles. The van der Waals surface area contributed by atoms with Gasteiger partial charge in [-0.2, -0.15) is 0 Å². The maximum absolute atomic E-state index is 4.79. The second kappa shape index (κ2) is 5.81. The van der Waals surface area contributed by atoms with Crippen molar-refractivity contribution in [3.05, 3.63) is 70.8 Å². The van der Waals surface area contributed by atoms with E-state index >= 15 is 0 Å². The van der Waals surface area contributed by atoms with Crippen LogP contribution in [0.25, 0.3) is 10.8 Å². The van der Waals surface area contributed by atoms with Gasteiger partial charge in [-0.3, -0.25) is 4.99 Å². The zero-order valence-corrected chi connectivity index (χ0v) is 14.7. The van der Waals surface area contributed by atoms with Crippen LogP contribution >= 0.6 is 0 Å². The number of aliphatic imine (C=N–C) groups is 1. The summed E-state index contributed by atoms with van der Waals surface area (Å²) in [7, 11) is 0. The number of nitrogens with zero attached hydrogens (tertiary/aromatic N) is 1. The molecule has 0 radical (unpaired) electrons. The van der Waals surface area contributed by atoms with Crippen molar-refractivity contribution in [2.75, 3.05) is 0 Å². The molecule has 1 unspecified atom stereocenters. The molecular formula is C22H25N. The third-order valence-electron chi connectivity index (χ3n) is 4.30. The summed E-state index contributed by atoms with van der Waals surface area (Å²) in [6, 6.07) is 13.1. The van der Waals surface area contributed by atoms with Gasteiger partial charge in [-0.25, -0.2) is 0 Å². The minimum absolute atomic E-state index is 0.0689. The number of hydrogen-bond donors (Lipinski definition) is 0. The van der Waals surface area contributed by atoms with Crippen molar-refractivity contribution >= 4 is 17.0 Å². The Balaban J connectivity index is 2.22. The molecule has 1 aliphatic carbocycles. The summed E-state index contributed by atoms with van der Waals surface area (Å²) in [6.07, 6.45) is 6.71. The largest absolute Gasteiger partial charge is 0.287 e. The minimum Gasteiger partial charge on any atom is -0.287 e. The van der Waals surface area contributed by atoms with Gasteiger partial charge in [0.05, 0.1) is 5.54 Å². The van der Waals surface area contributed by atoms with Crippen LogP contribution in [0.1, 0.15) is 51.7 Å². The topological polar surface area (TPSA) is 12.4 Å². The Bertz CT molecular complexity index is 829. The van der Waals surface area contributed by atoms with E-state index in [1.54, 1.807) is 0 Å². The average Bonchev–Trinajstić information content (AvgIpc) is 2.82. The smallest absolute Gasteiger partial charge is 0.0524 e. The molecule has 0 amide bonds. The van der Waals surface area contributed by atoms with E-state index in [9.17, 15) is 0 Å². The van der Waals surface area contributed by atoms with Gasteiger partial charge < -0.3 is 0 Å². The van der Waals surface area contributed by atoms with Crippen LogP contribution in [-0.2, 0) is 0 Å². The SMILES string of the molecule is CC1=CC(c2ccc3ccccc3c2C=NC(C)(C)C)C(C)=C1. The van der Waals surface area contributed by atoms with Crippen molar-refractivity contribution in [3.63, 3.8) is 0 Å². The second-order valence-corrected chi connectivity index (χ2v) is 7.50. The van der Waals surface area contributed by atoms with E-state index in [0.29, 0.717) is 5.92 Å². The molecule has 0 aliphatic heterocycles. The Morgan fingerprint density at radius 2 is 1.74 bits per heavy atom. The quantitative estimate of drug-likeness (QED) is 0.599. The van der Waals surface area contributed by atoms with Crippen LogP contribution in [0.5, 0.6) is 0 Å². The predicted octanol–water partition coefficient (Wildman–Crippen LogP) is 6.05. The highest BCUT2D eigenvalue weighted by Crippen LogP contribution is 2.36. The van der Waals surface area contributed by atoms with Crippen LogP contribution in [0.15, 0.2) is 64.7 Å². The molecule has 1 nitrogen and oxygen atoms in total. The summed E-state index contributed by atoms with van der Waals surface area (Å²) in [5.41, 5.74) is 5.28. The third-order valence-corrected chi connectivity index (χ3v) is 4.30. The normalized spacial score (nSPS) is 18.6. The minimum atomic E-state index is -0.0689. The molecule has 3 rings (SSSR count). The lowest BCUT2D eigenvalue weighted by atomic mass is 9.88. The first-order valence-corrected chi connectivity index (χ1v) is 8.29. The fourth-order valence-electron chi connectivity index (χ4n) is 3.21. The first-order chi connectivity index (χ1) is 10.8. The molecule has 0 heterocycles. The van der Waals surface area contributed by atoms with Crippen LogP contribution in [-0.4, -0.2) is 11.8 Å². The number of rotatable bonds is 2. The number of hydrogen-bond acceptors (Lipinski definition) is 1. The summed E-state index contributed by atoms with van der Waals surface area (Å²) in [6.45, 7) is 10.8. The lowest BCUT2D eigenvalue weighted by Gasteiger charge is -2.18. The number of fused-ring (bicyclic) bond motifs is 1. The molecule has 0 fully saturated rings. The standard InChI is InChI=1S/C22H25N/c1-15-12-16(2)20(13-15)19-11-10-17-8-6-7-9-18(17)21(19)14-23-22(3,4)5/h6-14,20H,1-5H3. The first kappa shape index (κ1) is 15.7. The zero-order chi connectivity index (χ0) is 16.6. The van der Waals surface area contributed by atoms with E-state index in [1.807, 2.05) is 0 Å². The maximum Gasteiger partial charge on any atom is 0.0524 e. The molecule has 2 aromatic rings. The summed E-state index contributed by atoms with van der Waals surface area (Å²) < 4.78 is 0. The van der Waals surface area contributed by atoms with Gasteiger partial charge in [-0.05, 0) is 51.0 Å². The van der Waals surface area contributed by atoms with Crippen molar-refractivity contribution in [1.82, 2.24) is 0 Å². The molecule has 0 N–H and O–H groups in total. The van der Waals surface area contributed by atoms with Crippen LogP contribution in [0.4, 0.5) is 0 Å². The zero-order valence-electron chi connectivity index (χ0n) is 14.7.